The molecule has 3 nitrogen and oxygen atoms in total. The van der Waals surface area contributed by atoms with Crippen molar-refractivity contribution in [2.45, 2.75) is 76.3 Å². The van der Waals surface area contributed by atoms with Gasteiger partial charge < -0.3 is 15.3 Å². The average molecular weight is 268 g/mol. The molecular weight excluding hydrogens is 236 g/mol. The Morgan fingerprint density at radius 3 is 2.26 bits per heavy atom. The Hall–Kier alpha value is -0.120. The first-order chi connectivity index (χ1) is 9.28. The first-order valence-corrected chi connectivity index (χ1v) is 8.39. The molecule has 2 rings (SSSR count). The molecule has 0 bridgehead atoms. The highest BCUT2D eigenvalue weighted by molar-refractivity contribution is 4.95. The molecule has 1 aliphatic carbocycles. The van der Waals surface area contributed by atoms with Gasteiger partial charge in [0.1, 0.15) is 0 Å². The second-order valence-corrected chi connectivity index (χ2v) is 6.61. The lowest BCUT2D eigenvalue weighted by molar-refractivity contribution is 0.0676. The van der Waals surface area contributed by atoms with E-state index in [2.05, 4.69) is 17.1 Å². The molecule has 3 heteroatoms. The van der Waals surface area contributed by atoms with E-state index < -0.39 is 0 Å². The molecule has 0 atom stereocenters. The van der Waals surface area contributed by atoms with Crippen LogP contribution in [0.3, 0.4) is 0 Å². The van der Waals surface area contributed by atoms with Crippen molar-refractivity contribution < 1.29 is 5.11 Å². The number of nitrogens with zero attached hydrogens (tertiary/aromatic N) is 1. The largest absolute Gasteiger partial charge is 0.394 e. The van der Waals surface area contributed by atoms with Crippen molar-refractivity contribution in [3.63, 3.8) is 0 Å². The van der Waals surface area contributed by atoms with Crippen LogP contribution in [0.5, 0.6) is 0 Å². The zero-order valence-electron chi connectivity index (χ0n) is 12.7. The molecule has 2 aliphatic rings. The lowest BCUT2D eigenvalue weighted by Crippen LogP contribution is -2.58. The highest BCUT2D eigenvalue weighted by Crippen LogP contribution is 2.26. The van der Waals surface area contributed by atoms with Crippen molar-refractivity contribution in [2.75, 3.05) is 26.2 Å². The predicted molar refractivity (Wildman–Crippen MR) is 80.4 cm³/mol. The Balaban J connectivity index is 1.84. The van der Waals surface area contributed by atoms with E-state index in [4.69, 9.17) is 0 Å². The van der Waals surface area contributed by atoms with Crippen molar-refractivity contribution in [1.82, 2.24) is 10.2 Å². The zero-order chi connectivity index (χ0) is 13.6. The minimum Gasteiger partial charge on any atom is -0.394 e. The molecule has 2 N–H and O–H groups in total. The minimum atomic E-state index is 0.0131. The van der Waals surface area contributed by atoms with Crippen molar-refractivity contribution in [1.29, 1.82) is 0 Å². The molecule has 0 aromatic rings. The first-order valence-electron chi connectivity index (χ1n) is 8.39. The Morgan fingerprint density at radius 1 is 1.11 bits per heavy atom. The maximum Gasteiger partial charge on any atom is 0.0614 e. The second kappa shape index (κ2) is 7.61. The highest BCUT2D eigenvalue weighted by atomic mass is 16.3. The van der Waals surface area contributed by atoms with Gasteiger partial charge in [0.25, 0.3) is 0 Å². The Kier molecular flexibility index (Phi) is 6.11. The molecule has 1 saturated heterocycles. The van der Waals surface area contributed by atoms with Crippen LogP contribution in [0.15, 0.2) is 0 Å². The number of likely N-dealkylation sites (tertiary alicyclic amines) is 1. The molecule has 0 amide bonds. The Bertz CT molecular complexity index is 241. The summed E-state index contributed by atoms with van der Waals surface area (Å²) in [7, 11) is 0. The summed E-state index contributed by atoms with van der Waals surface area (Å²) < 4.78 is 0. The van der Waals surface area contributed by atoms with Gasteiger partial charge in [0, 0.05) is 11.6 Å². The molecule has 0 unspecified atom stereocenters. The summed E-state index contributed by atoms with van der Waals surface area (Å²) in [4.78, 5) is 2.54. The van der Waals surface area contributed by atoms with Crippen LogP contribution in [-0.4, -0.2) is 47.8 Å². The van der Waals surface area contributed by atoms with E-state index in [1.54, 1.807) is 0 Å². The molecule has 1 heterocycles. The third-order valence-corrected chi connectivity index (χ3v) is 5.02. The van der Waals surface area contributed by atoms with Crippen LogP contribution in [0.2, 0.25) is 0 Å². The first kappa shape index (κ1) is 15.3. The topological polar surface area (TPSA) is 35.5 Å². The van der Waals surface area contributed by atoms with Gasteiger partial charge in [0.15, 0.2) is 0 Å². The summed E-state index contributed by atoms with van der Waals surface area (Å²) in [6.07, 6.45) is 11.6. The fraction of sp³-hybridized carbons (Fsp3) is 1.00. The van der Waals surface area contributed by atoms with Crippen molar-refractivity contribution in [3.05, 3.63) is 0 Å². The molecular formula is C16H32N2O. The van der Waals surface area contributed by atoms with Gasteiger partial charge in [-0.25, -0.2) is 0 Å². The molecule has 0 radical (unpaired) electrons. The van der Waals surface area contributed by atoms with Crippen LogP contribution < -0.4 is 5.32 Å². The number of rotatable bonds is 5. The van der Waals surface area contributed by atoms with E-state index in [0.717, 1.165) is 25.9 Å². The van der Waals surface area contributed by atoms with Crippen LogP contribution in [0.1, 0.15) is 64.7 Å². The average Bonchev–Trinajstić information content (AvgIpc) is 2.70. The van der Waals surface area contributed by atoms with E-state index in [0.29, 0.717) is 12.6 Å². The van der Waals surface area contributed by atoms with Crippen LogP contribution in [0.25, 0.3) is 0 Å². The summed E-state index contributed by atoms with van der Waals surface area (Å²) in [5.41, 5.74) is 0.0131. The molecule has 112 valence electrons. The summed E-state index contributed by atoms with van der Waals surface area (Å²) in [6, 6.07) is 0.646. The van der Waals surface area contributed by atoms with Gasteiger partial charge in [-0.2, -0.15) is 0 Å². The van der Waals surface area contributed by atoms with E-state index in [1.807, 2.05) is 0 Å². The third kappa shape index (κ3) is 4.44. The summed E-state index contributed by atoms with van der Waals surface area (Å²) in [5.74, 6) is 0. The monoisotopic (exact) mass is 268 g/mol. The van der Waals surface area contributed by atoms with Crippen molar-refractivity contribution in [3.8, 4) is 0 Å². The van der Waals surface area contributed by atoms with Crippen LogP contribution in [0.4, 0.5) is 0 Å². The van der Waals surface area contributed by atoms with Crippen LogP contribution in [-0.2, 0) is 0 Å². The van der Waals surface area contributed by atoms with E-state index >= 15 is 0 Å². The molecule has 1 aliphatic heterocycles. The van der Waals surface area contributed by atoms with E-state index in [9.17, 15) is 5.11 Å². The smallest absolute Gasteiger partial charge is 0.0614 e. The van der Waals surface area contributed by atoms with Gasteiger partial charge in [-0.05, 0) is 51.7 Å². The second-order valence-electron chi connectivity index (χ2n) is 6.61. The molecule has 2 fully saturated rings. The number of piperidine rings is 1. The molecule has 0 aromatic carbocycles. The standard InChI is InChI=1S/C16H32N2O/c1-2-11-18-12-9-16(14-19,10-13-18)17-15-7-5-3-4-6-8-15/h15,17,19H,2-14H2,1H3. The quantitative estimate of drug-likeness (QED) is 0.752. The minimum absolute atomic E-state index is 0.0131. The highest BCUT2D eigenvalue weighted by Gasteiger charge is 2.35. The Labute approximate surface area is 118 Å². The third-order valence-electron chi connectivity index (χ3n) is 5.02. The fourth-order valence-corrected chi connectivity index (χ4v) is 3.73. The number of nitrogens with one attached hydrogen (secondary N) is 1. The van der Waals surface area contributed by atoms with Crippen LogP contribution in [0, 0.1) is 0 Å². The zero-order valence-corrected chi connectivity index (χ0v) is 12.7. The summed E-state index contributed by atoms with van der Waals surface area (Å²) in [5, 5.41) is 13.7. The number of hydrogen-bond donors (Lipinski definition) is 2. The summed E-state index contributed by atoms with van der Waals surface area (Å²) >= 11 is 0. The maximum absolute atomic E-state index is 9.88. The lowest BCUT2D eigenvalue weighted by atomic mass is 9.86. The fourth-order valence-electron chi connectivity index (χ4n) is 3.73. The van der Waals surface area contributed by atoms with Gasteiger partial charge >= 0.3 is 0 Å². The number of aliphatic hydroxyl groups is 1. The predicted octanol–water partition coefficient (Wildman–Crippen LogP) is 2.54. The van der Waals surface area contributed by atoms with Gasteiger partial charge in [-0.15, -0.1) is 0 Å². The Morgan fingerprint density at radius 2 is 1.74 bits per heavy atom. The molecule has 0 aromatic heterocycles. The lowest BCUT2D eigenvalue weighted by Gasteiger charge is -2.43. The van der Waals surface area contributed by atoms with Gasteiger partial charge in [-0.1, -0.05) is 32.6 Å². The van der Waals surface area contributed by atoms with Crippen LogP contribution >= 0.6 is 0 Å². The molecule has 19 heavy (non-hydrogen) atoms. The van der Waals surface area contributed by atoms with Gasteiger partial charge in [0.05, 0.1) is 6.61 Å². The van der Waals surface area contributed by atoms with Gasteiger partial charge in [0.2, 0.25) is 0 Å². The van der Waals surface area contributed by atoms with Crippen molar-refractivity contribution in [2.24, 2.45) is 0 Å². The van der Waals surface area contributed by atoms with Crippen molar-refractivity contribution >= 4 is 0 Å². The van der Waals surface area contributed by atoms with E-state index in [-0.39, 0.29) is 5.54 Å². The number of aliphatic hydroxyl groups excluding tert-OH is 1. The molecule has 0 spiro atoms. The van der Waals surface area contributed by atoms with E-state index in [1.165, 1.54) is 51.5 Å². The maximum atomic E-state index is 9.88. The molecule has 1 saturated carbocycles. The SMILES string of the molecule is CCCN1CCC(CO)(NC2CCCCCC2)CC1. The normalized spacial score (nSPS) is 26.2. The summed E-state index contributed by atoms with van der Waals surface area (Å²) in [6.45, 7) is 6.06. The number of hydrogen-bond acceptors (Lipinski definition) is 3. The van der Waals surface area contributed by atoms with Gasteiger partial charge in [-0.3, -0.25) is 0 Å².